The molecule has 0 spiro atoms. The van der Waals surface area contributed by atoms with Crippen LogP contribution in [0.3, 0.4) is 0 Å². The summed E-state index contributed by atoms with van der Waals surface area (Å²) < 4.78 is 32.6. The van der Waals surface area contributed by atoms with Crippen molar-refractivity contribution in [1.29, 1.82) is 0 Å². The average molecular weight is 440 g/mol. The molecule has 0 aliphatic rings. The van der Waals surface area contributed by atoms with E-state index >= 15 is 0 Å². The highest BCUT2D eigenvalue weighted by Crippen LogP contribution is 2.21. The highest BCUT2D eigenvalue weighted by Gasteiger charge is 2.17. The van der Waals surface area contributed by atoms with Gasteiger partial charge in [-0.3, -0.25) is 9.59 Å². The number of nitrogens with one attached hydrogen (secondary N) is 2. The Morgan fingerprint density at radius 2 is 1.55 bits per heavy atom. The Bertz CT molecular complexity index is 1220. The highest BCUT2D eigenvalue weighted by molar-refractivity contribution is 7.92. The number of carbonyl (C=O) groups is 2. The molecule has 10 heteroatoms. The summed E-state index contributed by atoms with van der Waals surface area (Å²) in [6.07, 6.45) is 0. The predicted molar refractivity (Wildman–Crippen MR) is 114 cm³/mol. The number of para-hydroxylation sites is 1. The predicted octanol–water partition coefficient (Wildman–Crippen LogP) is 3.07. The van der Waals surface area contributed by atoms with Gasteiger partial charge in [0.05, 0.1) is 10.5 Å². The Morgan fingerprint density at radius 3 is 2.16 bits per heavy atom. The van der Waals surface area contributed by atoms with Crippen LogP contribution in [-0.2, 0) is 14.8 Å². The van der Waals surface area contributed by atoms with E-state index in [1.165, 1.54) is 43.3 Å². The summed E-state index contributed by atoms with van der Waals surface area (Å²) in [4.78, 5) is 31.9. The second kappa shape index (κ2) is 8.92. The van der Waals surface area contributed by atoms with E-state index in [2.05, 4.69) is 20.0 Å². The summed E-state index contributed by atoms with van der Waals surface area (Å²) in [6, 6.07) is 13.6. The molecule has 3 aromatic rings. The van der Waals surface area contributed by atoms with E-state index in [-0.39, 0.29) is 22.2 Å². The first-order chi connectivity index (χ1) is 14.6. The van der Waals surface area contributed by atoms with Gasteiger partial charge in [-0.05, 0) is 56.3 Å². The van der Waals surface area contributed by atoms with Crippen molar-refractivity contribution in [3.63, 3.8) is 0 Å². The molecule has 1 heterocycles. The molecule has 0 unspecified atom stereocenters. The van der Waals surface area contributed by atoms with Crippen molar-refractivity contribution in [1.82, 2.24) is 9.97 Å². The van der Waals surface area contributed by atoms with Crippen molar-refractivity contribution < 1.29 is 22.7 Å². The molecule has 0 saturated heterocycles. The van der Waals surface area contributed by atoms with Crippen LogP contribution in [0.1, 0.15) is 28.7 Å². The number of nitrogens with zero attached hydrogens (tertiary/aromatic N) is 2. The van der Waals surface area contributed by atoms with E-state index in [0.29, 0.717) is 17.1 Å². The fraction of sp³-hybridized carbons (Fsp3) is 0.143. The van der Waals surface area contributed by atoms with Crippen LogP contribution in [0.15, 0.2) is 59.5 Å². The fourth-order valence-corrected chi connectivity index (χ4v) is 3.71. The first-order valence-electron chi connectivity index (χ1n) is 9.18. The van der Waals surface area contributed by atoms with Gasteiger partial charge in [0.15, 0.2) is 0 Å². The minimum absolute atomic E-state index is 0.0167. The molecule has 0 aliphatic heterocycles. The number of esters is 1. The number of anilines is 2. The smallest absolute Gasteiger partial charge is 0.308 e. The monoisotopic (exact) mass is 440 g/mol. The van der Waals surface area contributed by atoms with Gasteiger partial charge < -0.3 is 10.1 Å². The van der Waals surface area contributed by atoms with Gasteiger partial charge >= 0.3 is 5.97 Å². The third-order valence-electron chi connectivity index (χ3n) is 4.02. The molecule has 0 saturated carbocycles. The number of carbonyl (C=O) groups excluding carboxylic acids is 2. The number of amides is 1. The van der Waals surface area contributed by atoms with E-state index in [9.17, 15) is 18.0 Å². The quantitative estimate of drug-likeness (QED) is 0.445. The van der Waals surface area contributed by atoms with E-state index in [1.54, 1.807) is 32.0 Å². The molecule has 2 aromatic carbocycles. The molecule has 0 fully saturated rings. The SMILES string of the molecule is CC(=O)Oc1ccccc1C(=O)Nc1ccc(S(=O)(=O)Nc2nc(C)cc(C)n2)cc1. The Kier molecular flexibility index (Phi) is 6.30. The molecule has 1 aromatic heterocycles. The zero-order valence-electron chi connectivity index (χ0n) is 17.0. The third kappa shape index (κ3) is 5.64. The second-order valence-corrected chi connectivity index (χ2v) is 8.33. The molecule has 1 amide bonds. The lowest BCUT2D eigenvalue weighted by Crippen LogP contribution is -2.16. The number of hydrogen-bond acceptors (Lipinski definition) is 7. The minimum Gasteiger partial charge on any atom is -0.426 e. The molecular formula is C21H20N4O5S. The molecule has 0 aliphatic carbocycles. The van der Waals surface area contributed by atoms with Crippen molar-refractivity contribution >= 4 is 33.5 Å². The van der Waals surface area contributed by atoms with E-state index in [1.807, 2.05) is 0 Å². The van der Waals surface area contributed by atoms with Gasteiger partial charge in [-0.1, -0.05) is 12.1 Å². The van der Waals surface area contributed by atoms with Gasteiger partial charge in [0.2, 0.25) is 5.95 Å². The maximum absolute atomic E-state index is 12.6. The summed E-state index contributed by atoms with van der Waals surface area (Å²) in [5.74, 6) is -0.939. The summed E-state index contributed by atoms with van der Waals surface area (Å²) in [7, 11) is -3.91. The molecule has 0 radical (unpaired) electrons. The standard InChI is InChI=1S/C21H20N4O5S/c1-13-12-14(2)23-21(22-13)25-31(28,29)17-10-8-16(9-11-17)24-20(27)18-6-4-5-7-19(18)30-15(3)26/h4-12H,1-3H3,(H,24,27)(H,22,23,25). The number of ether oxygens (including phenoxy) is 1. The van der Waals surface area contributed by atoms with Crippen LogP contribution in [0.5, 0.6) is 5.75 Å². The Morgan fingerprint density at radius 1 is 0.935 bits per heavy atom. The van der Waals surface area contributed by atoms with Gasteiger partial charge in [-0.2, -0.15) is 0 Å². The highest BCUT2D eigenvalue weighted by atomic mass is 32.2. The van der Waals surface area contributed by atoms with Crippen molar-refractivity contribution in [2.75, 3.05) is 10.0 Å². The number of aryl methyl sites for hydroxylation is 2. The van der Waals surface area contributed by atoms with Crippen molar-refractivity contribution in [3.05, 3.63) is 71.5 Å². The van der Waals surface area contributed by atoms with Crippen LogP contribution in [0.2, 0.25) is 0 Å². The molecule has 2 N–H and O–H groups in total. The van der Waals surface area contributed by atoms with Crippen molar-refractivity contribution in [2.24, 2.45) is 0 Å². The van der Waals surface area contributed by atoms with E-state index in [0.717, 1.165) is 0 Å². The second-order valence-electron chi connectivity index (χ2n) is 6.65. The number of hydrogen-bond donors (Lipinski definition) is 2. The van der Waals surface area contributed by atoms with Crippen LogP contribution in [0, 0.1) is 13.8 Å². The van der Waals surface area contributed by atoms with Crippen LogP contribution in [0.4, 0.5) is 11.6 Å². The number of benzene rings is 2. The van der Waals surface area contributed by atoms with Crippen LogP contribution in [-0.4, -0.2) is 30.3 Å². The lowest BCUT2D eigenvalue weighted by Gasteiger charge is -2.11. The molecule has 31 heavy (non-hydrogen) atoms. The lowest BCUT2D eigenvalue weighted by molar-refractivity contribution is -0.131. The minimum atomic E-state index is -3.91. The molecule has 160 valence electrons. The Hall–Kier alpha value is -3.79. The third-order valence-corrected chi connectivity index (χ3v) is 5.36. The van der Waals surface area contributed by atoms with Gasteiger partial charge in [-0.25, -0.2) is 23.1 Å². The van der Waals surface area contributed by atoms with Crippen molar-refractivity contribution in [3.8, 4) is 5.75 Å². The van der Waals surface area contributed by atoms with E-state index in [4.69, 9.17) is 4.74 Å². The maximum Gasteiger partial charge on any atom is 0.308 e. The van der Waals surface area contributed by atoms with Gasteiger partial charge in [0, 0.05) is 24.0 Å². The Labute approximate surface area is 179 Å². The molecule has 9 nitrogen and oxygen atoms in total. The summed E-state index contributed by atoms with van der Waals surface area (Å²) in [6.45, 7) is 4.72. The van der Waals surface area contributed by atoms with E-state index < -0.39 is 21.9 Å². The zero-order chi connectivity index (χ0) is 22.6. The average Bonchev–Trinajstić information content (AvgIpc) is 2.67. The van der Waals surface area contributed by atoms with Crippen LogP contribution >= 0.6 is 0 Å². The van der Waals surface area contributed by atoms with Crippen molar-refractivity contribution in [2.45, 2.75) is 25.7 Å². The van der Waals surface area contributed by atoms with Crippen LogP contribution < -0.4 is 14.8 Å². The largest absolute Gasteiger partial charge is 0.426 e. The molecule has 0 atom stereocenters. The van der Waals surface area contributed by atoms with Gasteiger partial charge in [0.25, 0.3) is 15.9 Å². The van der Waals surface area contributed by atoms with Gasteiger partial charge in [0.1, 0.15) is 5.75 Å². The summed E-state index contributed by atoms with van der Waals surface area (Å²) >= 11 is 0. The summed E-state index contributed by atoms with van der Waals surface area (Å²) in [5.41, 5.74) is 1.81. The topological polar surface area (TPSA) is 127 Å². The lowest BCUT2D eigenvalue weighted by atomic mass is 10.2. The molecular weight excluding hydrogens is 420 g/mol. The zero-order valence-corrected chi connectivity index (χ0v) is 17.9. The number of sulfonamides is 1. The number of aromatic nitrogens is 2. The fourth-order valence-electron chi connectivity index (χ4n) is 2.76. The number of rotatable bonds is 6. The maximum atomic E-state index is 12.6. The Balaban J connectivity index is 1.76. The first-order valence-corrected chi connectivity index (χ1v) is 10.7. The normalized spacial score (nSPS) is 10.9. The summed E-state index contributed by atoms with van der Waals surface area (Å²) in [5, 5.41) is 2.64. The first kappa shape index (κ1) is 21.9. The van der Waals surface area contributed by atoms with Gasteiger partial charge in [-0.15, -0.1) is 0 Å². The van der Waals surface area contributed by atoms with Crippen LogP contribution in [0.25, 0.3) is 0 Å². The molecule has 0 bridgehead atoms. The molecule has 3 rings (SSSR count).